The minimum Gasteiger partial charge on any atom is -0.494 e. The van der Waals surface area contributed by atoms with Gasteiger partial charge in [-0.25, -0.2) is 0 Å². The SMILES string of the molecule is Cc1c(C[NH+]2CC[NH+](Cc3ccccc3)CC2)c(O)n(CCO)c(=O)c1C#N. The molecule has 0 bridgehead atoms. The van der Waals surface area contributed by atoms with Gasteiger partial charge in [0.15, 0.2) is 0 Å². The second-order valence-electron chi connectivity index (χ2n) is 7.43. The summed E-state index contributed by atoms with van der Waals surface area (Å²) in [6.45, 7) is 7.00. The van der Waals surface area contributed by atoms with Gasteiger partial charge in [0.2, 0.25) is 5.88 Å². The van der Waals surface area contributed by atoms with Crippen LogP contribution in [0.25, 0.3) is 0 Å². The third kappa shape index (κ3) is 4.25. The highest BCUT2D eigenvalue weighted by molar-refractivity contribution is 5.44. The molecule has 1 aromatic carbocycles. The Labute approximate surface area is 164 Å². The molecule has 1 fully saturated rings. The maximum absolute atomic E-state index is 12.4. The number of aliphatic hydroxyl groups is 1. The Bertz CT molecular complexity index is 910. The smallest absolute Gasteiger partial charge is 0.271 e. The Morgan fingerprint density at radius 1 is 1.11 bits per heavy atom. The lowest BCUT2D eigenvalue weighted by molar-refractivity contribution is -1.02. The zero-order valence-corrected chi connectivity index (χ0v) is 16.2. The van der Waals surface area contributed by atoms with E-state index in [4.69, 9.17) is 0 Å². The van der Waals surface area contributed by atoms with Crippen LogP contribution in [0, 0.1) is 18.3 Å². The minimum absolute atomic E-state index is 0.0169. The standard InChI is InChI=1S/C21H26N4O3/c1-16-18(13-22)20(27)25(11-12-26)21(28)19(16)15-24-9-7-23(8-10-24)14-17-5-3-2-4-6-17/h2-6,26,28H,7-12,14-15H2,1H3/p+2. The van der Waals surface area contributed by atoms with Gasteiger partial charge < -0.3 is 20.0 Å². The van der Waals surface area contributed by atoms with E-state index in [-0.39, 0.29) is 24.6 Å². The van der Waals surface area contributed by atoms with E-state index in [0.29, 0.717) is 17.7 Å². The van der Waals surface area contributed by atoms with Crippen molar-refractivity contribution < 1.29 is 20.0 Å². The Morgan fingerprint density at radius 3 is 2.29 bits per heavy atom. The van der Waals surface area contributed by atoms with Crippen molar-refractivity contribution in [1.29, 1.82) is 5.26 Å². The second kappa shape index (κ2) is 9.02. The van der Waals surface area contributed by atoms with Crippen molar-refractivity contribution in [2.24, 2.45) is 0 Å². The topological polar surface area (TPSA) is 95.1 Å². The molecule has 0 atom stereocenters. The summed E-state index contributed by atoms with van der Waals surface area (Å²) < 4.78 is 1.11. The molecule has 0 saturated carbocycles. The van der Waals surface area contributed by atoms with Crippen LogP contribution in [0.4, 0.5) is 0 Å². The van der Waals surface area contributed by atoms with Gasteiger partial charge in [-0.15, -0.1) is 0 Å². The monoisotopic (exact) mass is 384 g/mol. The quantitative estimate of drug-likeness (QED) is 0.473. The number of nitrogens with zero attached hydrogens (tertiary/aromatic N) is 2. The molecule has 4 N–H and O–H groups in total. The van der Waals surface area contributed by atoms with Crippen LogP contribution in [-0.4, -0.2) is 47.6 Å². The van der Waals surface area contributed by atoms with Gasteiger partial charge in [-0.3, -0.25) is 9.36 Å². The molecule has 7 nitrogen and oxygen atoms in total. The summed E-state index contributed by atoms with van der Waals surface area (Å²) >= 11 is 0. The normalized spacial score (nSPS) is 19.3. The van der Waals surface area contributed by atoms with Crippen LogP contribution in [0.1, 0.15) is 22.3 Å². The number of aromatic hydroxyl groups is 1. The fourth-order valence-corrected chi connectivity index (χ4v) is 3.97. The molecule has 7 heteroatoms. The van der Waals surface area contributed by atoms with Gasteiger partial charge in [0.25, 0.3) is 5.56 Å². The van der Waals surface area contributed by atoms with Crippen molar-refractivity contribution in [2.75, 3.05) is 32.8 Å². The maximum atomic E-state index is 12.4. The van der Waals surface area contributed by atoms with Crippen molar-refractivity contribution in [3.05, 3.63) is 62.9 Å². The van der Waals surface area contributed by atoms with Gasteiger partial charge >= 0.3 is 0 Å². The lowest BCUT2D eigenvalue weighted by Crippen LogP contribution is -3.27. The molecule has 1 aliphatic rings. The molecule has 0 spiro atoms. The zero-order chi connectivity index (χ0) is 20.1. The Morgan fingerprint density at radius 2 is 1.71 bits per heavy atom. The summed E-state index contributed by atoms with van der Waals surface area (Å²) in [5.74, 6) is -0.123. The number of hydrogen-bond donors (Lipinski definition) is 4. The molecule has 3 rings (SSSR count). The van der Waals surface area contributed by atoms with Crippen LogP contribution >= 0.6 is 0 Å². The molecule has 28 heavy (non-hydrogen) atoms. The first-order chi connectivity index (χ1) is 13.5. The van der Waals surface area contributed by atoms with E-state index in [9.17, 15) is 20.3 Å². The van der Waals surface area contributed by atoms with Gasteiger partial charge in [-0.2, -0.15) is 5.26 Å². The second-order valence-corrected chi connectivity index (χ2v) is 7.43. The predicted octanol–water partition coefficient (Wildman–Crippen LogP) is -1.79. The van der Waals surface area contributed by atoms with Gasteiger partial charge in [0.1, 0.15) is 50.9 Å². The average molecular weight is 384 g/mol. The molecule has 2 aromatic rings. The van der Waals surface area contributed by atoms with Crippen LogP contribution in [0.3, 0.4) is 0 Å². The summed E-state index contributed by atoms with van der Waals surface area (Å²) in [6, 6.07) is 12.4. The molecule has 0 unspecified atom stereocenters. The van der Waals surface area contributed by atoms with Crippen molar-refractivity contribution in [1.82, 2.24) is 4.57 Å². The predicted molar refractivity (Wildman–Crippen MR) is 104 cm³/mol. The number of hydrogen-bond acceptors (Lipinski definition) is 4. The molecule has 1 saturated heterocycles. The first-order valence-corrected chi connectivity index (χ1v) is 9.72. The summed E-state index contributed by atoms with van der Waals surface area (Å²) in [5.41, 5.74) is 2.03. The zero-order valence-electron chi connectivity index (χ0n) is 16.2. The number of aliphatic hydroxyl groups excluding tert-OH is 1. The van der Waals surface area contributed by atoms with Crippen LogP contribution in [0.2, 0.25) is 0 Å². The highest BCUT2D eigenvalue weighted by Gasteiger charge is 2.27. The summed E-state index contributed by atoms with van der Waals surface area (Å²) in [4.78, 5) is 15.2. The van der Waals surface area contributed by atoms with E-state index < -0.39 is 5.56 Å². The van der Waals surface area contributed by atoms with E-state index in [0.717, 1.165) is 37.3 Å². The van der Waals surface area contributed by atoms with E-state index in [1.165, 1.54) is 10.5 Å². The lowest BCUT2D eigenvalue weighted by atomic mass is 10.0. The van der Waals surface area contributed by atoms with Crippen molar-refractivity contribution in [3.63, 3.8) is 0 Å². The van der Waals surface area contributed by atoms with Crippen LogP contribution in [-0.2, 0) is 19.6 Å². The van der Waals surface area contributed by atoms with Crippen molar-refractivity contribution in [3.8, 4) is 11.9 Å². The number of nitrogens with one attached hydrogen (secondary N) is 2. The number of rotatable bonds is 6. The molecular formula is C21H28N4O3+2. The molecule has 0 amide bonds. The lowest BCUT2D eigenvalue weighted by Gasteiger charge is -2.30. The molecular weight excluding hydrogens is 356 g/mol. The van der Waals surface area contributed by atoms with Crippen LogP contribution in [0.15, 0.2) is 35.1 Å². The molecule has 1 aromatic heterocycles. The van der Waals surface area contributed by atoms with E-state index in [2.05, 4.69) is 24.3 Å². The summed E-state index contributed by atoms with van der Waals surface area (Å²) in [7, 11) is 0. The highest BCUT2D eigenvalue weighted by atomic mass is 16.3. The maximum Gasteiger partial charge on any atom is 0.271 e. The highest BCUT2D eigenvalue weighted by Crippen LogP contribution is 2.20. The van der Waals surface area contributed by atoms with Gasteiger partial charge in [0.05, 0.1) is 18.7 Å². The Hall–Kier alpha value is -2.66. The largest absolute Gasteiger partial charge is 0.494 e. The fraction of sp³-hybridized carbons (Fsp3) is 0.429. The van der Waals surface area contributed by atoms with Gasteiger partial charge in [-0.05, 0) is 12.5 Å². The number of aromatic nitrogens is 1. The third-order valence-corrected chi connectivity index (χ3v) is 5.64. The molecule has 1 aliphatic heterocycles. The molecule has 0 aliphatic carbocycles. The first kappa shape index (κ1) is 20.1. The van der Waals surface area contributed by atoms with Gasteiger partial charge in [0, 0.05) is 5.56 Å². The van der Waals surface area contributed by atoms with Crippen molar-refractivity contribution in [2.45, 2.75) is 26.6 Å². The Kier molecular flexibility index (Phi) is 6.47. The first-order valence-electron chi connectivity index (χ1n) is 9.72. The minimum atomic E-state index is -0.539. The Balaban J connectivity index is 1.72. The van der Waals surface area contributed by atoms with Gasteiger partial charge in [-0.1, -0.05) is 30.3 Å². The van der Waals surface area contributed by atoms with Crippen LogP contribution < -0.4 is 15.4 Å². The average Bonchev–Trinajstić information content (AvgIpc) is 2.71. The fourth-order valence-electron chi connectivity index (χ4n) is 3.97. The number of nitriles is 1. The third-order valence-electron chi connectivity index (χ3n) is 5.64. The van der Waals surface area contributed by atoms with Crippen molar-refractivity contribution >= 4 is 0 Å². The van der Waals surface area contributed by atoms with E-state index in [1.807, 2.05) is 12.1 Å². The number of piperazine rings is 1. The summed E-state index contributed by atoms with van der Waals surface area (Å²) in [5, 5.41) is 29.2. The number of pyridine rings is 1. The van der Waals surface area contributed by atoms with Crippen LogP contribution in [0.5, 0.6) is 5.88 Å². The number of benzene rings is 1. The van der Waals surface area contributed by atoms with E-state index in [1.54, 1.807) is 11.8 Å². The molecule has 2 heterocycles. The summed E-state index contributed by atoms with van der Waals surface area (Å²) in [6.07, 6.45) is 0. The molecule has 148 valence electrons. The molecule has 0 radical (unpaired) electrons. The van der Waals surface area contributed by atoms with E-state index >= 15 is 0 Å². The number of quaternary nitrogens is 2.